The molecule has 0 spiro atoms. The molecule has 1 aromatic carbocycles. The van der Waals surface area contributed by atoms with Crippen LogP contribution in [0.1, 0.15) is 45.6 Å². The maximum atomic E-state index is 10.5. The van der Waals surface area contributed by atoms with Gasteiger partial charge in [-0.2, -0.15) is 0 Å². The lowest BCUT2D eigenvalue weighted by Crippen LogP contribution is -2.36. The number of benzene rings is 1. The zero-order chi connectivity index (χ0) is 15.2. The SMILES string of the molecule is CCC(O)(CCC(C)(C)O)COCc1ccccc1Br. The maximum absolute atomic E-state index is 10.5. The predicted octanol–water partition coefficient (Wildman–Crippen LogP) is 3.66. The van der Waals surface area contributed by atoms with Crippen molar-refractivity contribution in [3.63, 3.8) is 0 Å². The Morgan fingerprint density at radius 1 is 1.15 bits per heavy atom. The van der Waals surface area contributed by atoms with E-state index in [2.05, 4.69) is 15.9 Å². The summed E-state index contributed by atoms with van der Waals surface area (Å²) >= 11 is 3.48. The van der Waals surface area contributed by atoms with Crippen LogP contribution >= 0.6 is 15.9 Å². The first kappa shape index (κ1) is 17.6. The van der Waals surface area contributed by atoms with Crippen LogP contribution in [-0.2, 0) is 11.3 Å². The first-order valence-electron chi connectivity index (χ1n) is 7.02. The number of hydrogen-bond donors (Lipinski definition) is 2. The van der Waals surface area contributed by atoms with E-state index >= 15 is 0 Å². The largest absolute Gasteiger partial charge is 0.390 e. The molecule has 4 heteroatoms. The van der Waals surface area contributed by atoms with Crippen LogP contribution in [0.15, 0.2) is 28.7 Å². The van der Waals surface area contributed by atoms with E-state index in [-0.39, 0.29) is 6.61 Å². The molecule has 0 fully saturated rings. The van der Waals surface area contributed by atoms with Gasteiger partial charge >= 0.3 is 0 Å². The van der Waals surface area contributed by atoms with E-state index < -0.39 is 11.2 Å². The minimum absolute atomic E-state index is 0.279. The first-order chi connectivity index (χ1) is 9.26. The van der Waals surface area contributed by atoms with E-state index in [1.807, 2.05) is 31.2 Å². The minimum atomic E-state index is -0.874. The normalized spacial score (nSPS) is 15.1. The molecule has 0 aliphatic heterocycles. The van der Waals surface area contributed by atoms with Gasteiger partial charge in [0.15, 0.2) is 0 Å². The van der Waals surface area contributed by atoms with Crippen molar-refractivity contribution in [2.75, 3.05) is 6.61 Å². The van der Waals surface area contributed by atoms with Gasteiger partial charge < -0.3 is 14.9 Å². The third-order valence-corrected chi connectivity index (χ3v) is 4.22. The summed E-state index contributed by atoms with van der Waals surface area (Å²) in [7, 11) is 0. The van der Waals surface area contributed by atoms with Crippen LogP contribution in [0.3, 0.4) is 0 Å². The Morgan fingerprint density at radius 3 is 2.35 bits per heavy atom. The molecule has 0 bridgehead atoms. The van der Waals surface area contributed by atoms with Crippen molar-refractivity contribution in [3.05, 3.63) is 34.3 Å². The molecule has 0 saturated heterocycles. The van der Waals surface area contributed by atoms with E-state index in [4.69, 9.17) is 4.74 Å². The molecule has 0 aromatic heterocycles. The summed E-state index contributed by atoms with van der Waals surface area (Å²) < 4.78 is 6.67. The number of halogens is 1. The van der Waals surface area contributed by atoms with E-state index in [1.54, 1.807) is 13.8 Å². The molecule has 1 aromatic rings. The molecule has 1 rings (SSSR count). The Kier molecular flexibility index (Phi) is 6.65. The van der Waals surface area contributed by atoms with Gasteiger partial charge in [-0.1, -0.05) is 41.1 Å². The van der Waals surface area contributed by atoms with Crippen molar-refractivity contribution in [2.24, 2.45) is 0 Å². The van der Waals surface area contributed by atoms with Gasteiger partial charge in [-0.25, -0.2) is 0 Å². The van der Waals surface area contributed by atoms with Crippen molar-refractivity contribution < 1.29 is 14.9 Å². The lowest BCUT2D eigenvalue weighted by molar-refractivity contribution is -0.0716. The molecule has 20 heavy (non-hydrogen) atoms. The molecule has 0 amide bonds. The first-order valence-corrected chi connectivity index (χ1v) is 7.81. The summed E-state index contributed by atoms with van der Waals surface area (Å²) in [6.45, 7) is 6.19. The molecule has 0 radical (unpaired) electrons. The molecule has 0 saturated carbocycles. The standard InChI is InChI=1S/C16H25BrO3/c1-4-16(19,10-9-15(2,3)18)12-20-11-13-7-5-6-8-14(13)17/h5-8,18-19H,4,9-12H2,1-3H3. The van der Waals surface area contributed by atoms with Crippen molar-refractivity contribution in [2.45, 2.75) is 57.8 Å². The van der Waals surface area contributed by atoms with Gasteiger partial charge in [0.25, 0.3) is 0 Å². The third kappa shape index (κ3) is 6.35. The van der Waals surface area contributed by atoms with Crippen LogP contribution < -0.4 is 0 Å². The zero-order valence-electron chi connectivity index (χ0n) is 12.5. The molecule has 0 aliphatic rings. The van der Waals surface area contributed by atoms with Crippen molar-refractivity contribution in [3.8, 4) is 0 Å². The monoisotopic (exact) mass is 344 g/mol. The van der Waals surface area contributed by atoms with Crippen LogP contribution in [-0.4, -0.2) is 28.0 Å². The molecular formula is C16H25BrO3. The number of ether oxygens (including phenoxy) is 1. The molecule has 1 unspecified atom stereocenters. The van der Waals surface area contributed by atoms with Gasteiger partial charge in [0.2, 0.25) is 0 Å². The molecule has 2 N–H and O–H groups in total. The van der Waals surface area contributed by atoms with Gasteiger partial charge in [0, 0.05) is 4.47 Å². The molecule has 3 nitrogen and oxygen atoms in total. The van der Waals surface area contributed by atoms with E-state index in [0.717, 1.165) is 10.0 Å². The molecule has 1 atom stereocenters. The van der Waals surface area contributed by atoms with E-state index in [1.165, 1.54) is 0 Å². The average molecular weight is 345 g/mol. The second-order valence-electron chi connectivity index (χ2n) is 5.97. The van der Waals surface area contributed by atoms with Gasteiger partial charge in [0.1, 0.15) is 0 Å². The summed E-state index contributed by atoms with van der Waals surface area (Å²) in [6, 6.07) is 7.88. The Labute approximate surface area is 130 Å². The smallest absolute Gasteiger partial charge is 0.0878 e. The number of rotatable bonds is 8. The Bertz CT molecular complexity index is 414. The lowest BCUT2D eigenvalue weighted by Gasteiger charge is -2.29. The fourth-order valence-corrected chi connectivity index (χ4v) is 2.26. The van der Waals surface area contributed by atoms with Gasteiger partial charge in [-0.15, -0.1) is 0 Å². The minimum Gasteiger partial charge on any atom is -0.390 e. The Hall–Kier alpha value is -0.420. The molecular weight excluding hydrogens is 320 g/mol. The highest BCUT2D eigenvalue weighted by atomic mass is 79.9. The molecule has 0 heterocycles. The van der Waals surface area contributed by atoms with Crippen molar-refractivity contribution in [1.29, 1.82) is 0 Å². The van der Waals surface area contributed by atoms with Gasteiger partial charge in [-0.05, 0) is 44.7 Å². The Balaban J connectivity index is 2.46. The lowest BCUT2D eigenvalue weighted by atomic mass is 9.90. The van der Waals surface area contributed by atoms with Gasteiger partial charge in [0.05, 0.1) is 24.4 Å². The van der Waals surface area contributed by atoms with Crippen LogP contribution in [0.4, 0.5) is 0 Å². The summed E-state index contributed by atoms with van der Waals surface area (Å²) in [6.07, 6.45) is 1.69. The summed E-state index contributed by atoms with van der Waals surface area (Å²) in [5.74, 6) is 0. The topological polar surface area (TPSA) is 49.7 Å². The van der Waals surface area contributed by atoms with Crippen LogP contribution in [0.5, 0.6) is 0 Å². The fraction of sp³-hybridized carbons (Fsp3) is 0.625. The van der Waals surface area contributed by atoms with Crippen molar-refractivity contribution >= 4 is 15.9 Å². The summed E-state index contributed by atoms with van der Waals surface area (Å²) in [4.78, 5) is 0. The number of hydrogen-bond acceptors (Lipinski definition) is 3. The number of aliphatic hydroxyl groups is 2. The van der Waals surface area contributed by atoms with Gasteiger partial charge in [-0.3, -0.25) is 0 Å². The third-order valence-electron chi connectivity index (χ3n) is 3.45. The Morgan fingerprint density at radius 2 is 1.80 bits per heavy atom. The van der Waals surface area contributed by atoms with Crippen LogP contribution in [0.25, 0.3) is 0 Å². The van der Waals surface area contributed by atoms with E-state index in [9.17, 15) is 10.2 Å². The van der Waals surface area contributed by atoms with Crippen molar-refractivity contribution in [1.82, 2.24) is 0 Å². The van der Waals surface area contributed by atoms with E-state index in [0.29, 0.717) is 25.9 Å². The van der Waals surface area contributed by atoms with Crippen LogP contribution in [0.2, 0.25) is 0 Å². The highest BCUT2D eigenvalue weighted by Crippen LogP contribution is 2.24. The highest BCUT2D eigenvalue weighted by molar-refractivity contribution is 9.10. The zero-order valence-corrected chi connectivity index (χ0v) is 14.1. The van der Waals surface area contributed by atoms with Crippen LogP contribution in [0, 0.1) is 0 Å². The summed E-state index contributed by atoms with van der Waals surface area (Å²) in [5.41, 5.74) is -0.569. The highest BCUT2D eigenvalue weighted by Gasteiger charge is 2.28. The molecule has 0 aliphatic carbocycles. The predicted molar refractivity (Wildman–Crippen MR) is 84.6 cm³/mol. The second kappa shape index (κ2) is 7.55. The quantitative estimate of drug-likeness (QED) is 0.756. The second-order valence-corrected chi connectivity index (χ2v) is 6.83. The molecule has 114 valence electrons. The fourth-order valence-electron chi connectivity index (χ4n) is 1.86. The summed E-state index contributed by atoms with van der Waals surface area (Å²) in [5, 5.41) is 20.2. The average Bonchev–Trinajstić information content (AvgIpc) is 2.38. The maximum Gasteiger partial charge on any atom is 0.0878 e.